The summed E-state index contributed by atoms with van der Waals surface area (Å²) in [5.74, 6) is 0. The first kappa shape index (κ1) is 17.1. The van der Waals surface area contributed by atoms with Crippen LogP contribution in [0.1, 0.15) is 0 Å². The number of hydrogen-bond donors (Lipinski definition) is 1. The molecule has 0 aliphatic heterocycles. The van der Waals surface area contributed by atoms with Gasteiger partial charge in [-0.05, 0) is 28.1 Å². The Kier molecular flexibility index (Phi) is 5.56. The Bertz CT molecular complexity index is 764. The molecule has 0 saturated carbocycles. The van der Waals surface area contributed by atoms with Gasteiger partial charge in [-0.15, -0.1) is 0 Å². The van der Waals surface area contributed by atoms with E-state index in [1.807, 2.05) is 0 Å². The molecular weight excluding hydrogens is 424 g/mol. The number of nitrogens with one attached hydrogen (secondary N) is 1. The molecule has 21 heavy (non-hydrogen) atoms. The summed E-state index contributed by atoms with van der Waals surface area (Å²) in [5.41, 5.74) is 0. The molecule has 1 N–H and O–H groups in total. The molecule has 5 nitrogen and oxygen atoms in total. The van der Waals surface area contributed by atoms with E-state index in [4.69, 9.17) is 34.8 Å². The van der Waals surface area contributed by atoms with Crippen LogP contribution < -0.4 is 4.72 Å². The average Bonchev–Trinajstić information content (AvgIpc) is 2.79. The highest BCUT2D eigenvalue weighted by Crippen LogP contribution is 2.31. The predicted molar refractivity (Wildman–Crippen MR) is 86.6 cm³/mol. The molecule has 10 heteroatoms. The lowest BCUT2D eigenvalue weighted by atomic mass is 10.4. The lowest BCUT2D eigenvalue weighted by Crippen LogP contribution is -2.27. The van der Waals surface area contributed by atoms with E-state index in [1.54, 1.807) is 17.1 Å². The minimum absolute atomic E-state index is 0.0127. The quantitative estimate of drug-likeness (QED) is 0.733. The first-order valence-electron chi connectivity index (χ1n) is 5.62. The van der Waals surface area contributed by atoms with Crippen molar-refractivity contribution in [1.82, 2.24) is 14.5 Å². The lowest BCUT2D eigenvalue weighted by molar-refractivity contribution is 0.561. The Labute approximate surface area is 145 Å². The summed E-state index contributed by atoms with van der Waals surface area (Å²) in [7, 11) is -3.77. The molecule has 0 fully saturated rings. The van der Waals surface area contributed by atoms with E-state index >= 15 is 0 Å². The smallest absolute Gasteiger partial charge is 0.242 e. The molecular formula is C11H9BrCl3N3O2S. The molecule has 0 radical (unpaired) electrons. The molecule has 1 aromatic heterocycles. The molecule has 0 amide bonds. The van der Waals surface area contributed by atoms with E-state index in [-0.39, 0.29) is 26.5 Å². The van der Waals surface area contributed by atoms with Gasteiger partial charge in [0, 0.05) is 12.7 Å². The molecule has 0 unspecified atom stereocenters. The fourth-order valence-electron chi connectivity index (χ4n) is 1.54. The number of sulfonamides is 1. The molecule has 0 saturated heterocycles. The molecule has 2 rings (SSSR count). The number of nitrogens with zero attached hydrogens (tertiary/aromatic N) is 2. The summed E-state index contributed by atoms with van der Waals surface area (Å²) in [4.78, 5) is -0.111. The maximum Gasteiger partial charge on any atom is 0.242 e. The minimum Gasteiger partial charge on any atom is -0.270 e. The second-order valence-corrected chi connectivity index (χ2v) is 7.89. The average molecular weight is 434 g/mol. The lowest BCUT2D eigenvalue weighted by Gasteiger charge is -2.09. The van der Waals surface area contributed by atoms with Crippen molar-refractivity contribution in [2.75, 3.05) is 6.54 Å². The molecule has 0 atom stereocenters. The second kappa shape index (κ2) is 6.85. The Morgan fingerprint density at radius 3 is 2.48 bits per heavy atom. The van der Waals surface area contributed by atoms with Crippen molar-refractivity contribution in [2.24, 2.45) is 0 Å². The number of halogens is 4. The molecule has 2 aromatic rings. The van der Waals surface area contributed by atoms with Gasteiger partial charge in [0.25, 0.3) is 0 Å². The first-order valence-corrected chi connectivity index (χ1v) is 9.03. The molecule has 114 valence electrons. The van der Waals surface area contributed by atoms with E-state index < -0.39 is 10.0 Å². The summed E-state index contributed by atoms with van der Waals surface area (Å²) in [6.07, 6.45) is 3.35. The molecule has 0 spiro atoms. The van der Waals surface area contributed by atoms with E-state index in [0.717, 1.165) is 4.47 Å². The number of rotatable bonds is 5. The summed E-state index contributed by atoms with van der Waals surface area (Å²) in [5, 5.41) is 4.35. The Balaban J connectivity index is 2.10. The monoisotopic (exact) mass is 431 g/mol. The van der Waals surface area contributed by atoms with Crippen LogP contribution in [-0.2, 0) is 16.6 Å². The van der Waals surface area contributed by atoms with Crippen LogP contribution in [-0.4, -0.2) is 24.7 Å². The topological polar surface area (TPSA) is 64.0 Å². The van der Waals surface area contributed by atoms with E-state index in [2.05, 4.69) is 25.8 Å². The van der Waals surface area contributed by atoms with Crippen LogP contribution in [0.4, 0.5) is 0 Å². The van der Waals surface area contributed by atoms with Crippen LogP contribution in [0.5, 0.6) is 0 Å². The van der Waals surface area contributed by atoms with Crippen LogP contribution in [0, 0.1) is 0 Å². The van der Waals surface area contributed by atoms with Crippen LogP contribution in [0.3, 0.4) is 0 Å². The maximum atomic E-state index is 12.2. The highest BCUT2D eigenvalue weighted by atomic mass is 79.9. The Morgan fingerprint density at radius 1 is 1.19 bits per heavy atom. The third-order valence-electron chi connectivity index (χ3n) is 2.50. The van der Waals surface area contributed by atoms with Gasteiger partial charge in [-0.2, -0.15) is 5.10 Å². The van der Waals surface area contributed by atoms with Gasteiger partial charge in [0.15, 0.2) is 0 Å². The first-order chi connectivity index (χ1) is 9.79. The van der Waals surface area contributed by atoms with Gasteiger partial charge in [-0.25, -0.2) is 13.1 Å². The van der Waals surface area contributed by atoms with Gasteiger partial charge in [-0.1, -0.05) is 34.8 Å². The van der Waals surface area contributed by atoms with Crippen molar-refractivity contribution >= 4 is 60.8 Å². The molecule has 1 heterocycles. The van der Waals surface area contributed by atoms with Gasteiger partial charge >= 0.3 is 0 Å². The van der Waals surface area contributed by atoms with Gasteiger partial charge in [0.05, 0.1) is 32.3 Å². The predicted octanol–water partition coefficient (Wildman–Crippen LogP) is 3.58. The summed E-state index contributed by atoms with van der Waals surface area (Å²) in [6, 6.07) is 2.52. The standard InChI is InChI=1S/C11H9BrCl3N3O2S/c12-7-5-16-18(6-7)2-1-17-21(19,20)11-4-9(14)8(13)3-10(11)15/h3-6,17H,1-2H2. The van der Waals surface area contributed by atoms with Crippen molar-refractivity contribution in [3.63, 3.8) is 0 Å². The van der Waals surface area contributed by atoms with Gasteiger partial charge in [-0.3, -0.25) is 4.68 Å². The molecule has 1 aromatic carbocycles. The largest absolute Gasteiger partial charge is 0.270 e. The van der Waals surface area contributed by atoms with Crippen LogP contribution in [0.25, 0.3) is 0 Å². The summed E-state index contributed by atoms with van der Waals surface area (Å²) >= 11 is 20.8. The van der Waals surface area contributed by atoms with E-state index in [0.29, 0.717) is 6.54 Å². The number of benzene rings is 1. The fraction of sp³-hybridized carbons (Fsp3) is 0.182. The second-order valence-electron chi connectivity index (χ2n) is 4.02. The highest BCUT2D eigenvalue weighted by molar-refractivity contribution is 9.10. The summed E-state index contributed by atoms with van der Waals surface area (Å²) < 4.78 is 29.2. The van der Waals surface area contributed by atoms with Gasteiger partial charge in [0.2, 0.25) is 10.0 Å². The van der Waals surface area contributed by atoms with Crippen LogP contribution >= 0.6 is 50.7 Å². The van der Waals surface area contributed by atoms with Gasteiger partial charge in [0.1, 0.15) is 4.90 Å². The van der Waals surface area contributed by atoms with Crippen molar-refractivity contribution in [1.29, 1.82) is 0 Å². The zero-order valence-corrected chi connectivity index (χ0v) is 15.0. The van der Waals surface area contributed by atoms with Crippen molar-refractivity contribution < 1.29 is 8.42 Å². The zero-order chi connectivity index (χ0) is 15.6. The minimum atomic E-state index is -3.77. The Morgan fingerprint density at radius 2 is 1.86 bits per heavy atom. The zero-order valence-electron chi connectivity index (χ0n) is 10.4. The summed E-state index contributed by atoms with van der Waals surface area (Å²) in [6.45, 7) is 0.538. The number of aromatic nitrogens is 2. The number of hydrogen-bond acceptors (Lipinski definition) is 3. The van der Waals surface area contributed by atoms with Crippen molar-refractivity contribution in [3.8, 4) is 0 Å². The van der Waals surface area contributed by atoms with Crippen molar-refractivity contribution in [3.05, 3.63) is 44.1 Å². The highest BCUT2D eigenvalue weighted by Gasteiger charge is 2.19. The third-order valence-corrected chi connectivity index (χ3v) is 5.56. The van der Waals surface area contributed by atoms with Crippen molar-refractivity contribution in [2.45, 2.75) is 11.4 Å². The molecule has 0 bridgehead atoms. The van der Waals surface area contributed by atoms with Crippen LogP contribution in [0.15, 0.2) is 33.9 Å². The molecule has 0 aliphatic carbocycles. The van der Waals surface area contributed by atoms with Crippen LogP contribution in [0.2, 0.25) is 15.1 Å². The third kappa shape index (κ3) is 4.34. The van der Waals surface area contributed by atoms with E-state index in [9.17, 15) is 8.42 Å². The maximum absolute atomic E-state index is 12.2. The van der Waals surface area contributed by atoms with Gasteiger partial charge < -0.3 is 0 Å². The molecule has 0 aliphatic rings. The fourth-order valence-corrected chi connectivity index (χ4v) is 3.89. The van der Waals surface area contributed by atoms with E-state index in [1.165, 1.54) is 12.1 Å². The SMILES string of the molecule is O=S(=O)(NCCn1cc(Br)cn1)c1cc(Cl)c(Cl)cc1Cl. The Hall–Kier alpha value is -0.310. The normalized spacial score (nSPS) is 11.8.